The van der Waals surface area contributed by atoms with Gasteiger partial charge in [-0.15, -0.1) is 0 Å². The van der Waals surface area contributed by atoms with E-state index in [1.54, 1.807) is 7.11 Å². The second-order valence-corrected chi connectivity index (χ2v) is 3.71. The Morgan fingerprint density at radius 1 is 1.29 bits per heavy atom. The lowest BCUT2D eigenvalue weighted by Crippen LogP contribution is -2.07. The van der Waals surface area contributed by atoms with Gasteiger partial charge < -0.3 is 14.6 Å². The number of rotatable bonds is 5. The van der Waals surface area contributed by atoms with Gasteiger partial charge in [0, 0.05) is 24.6 Å². The number of imidazole rings is 1. The van der Waals surface area contributed by atoms with Crippen molar-refractivity contribution in [3.8, 4) is 5.75 Å². The van der Waals surface area contributed by atoms with Crippen LogP contribution in [0.2, 0.25) is 0 Å². The van der Waals surface area contributed by atoms with Crippen LogP contribution in [0.4, 0.5) is 5.69 Å². The minimum absolute atomic E-state index is 0.729. The summed E-state index contributed by atoms with van der Waals surface area (Å²) in [7, 11) is 1.67. The highest BCUT2D eigenvalue weighted by atomic mass is 16.5. The van der Waals surface area contributed by atoms with Crippen LogP contribution in [-0.2, 0) is 13.1 Å². The van der Waals surface area contributed by atoms with E-state index in [1.807, 2.05) is 36.7 Å². The molecule has 0 saturated carbocycles. The highest BCUT2D eigenvalue weighted by molar-refractivity contribution is 5.46. The highest BCUT2D eigenvalue weighted by Crippen LogP contribution is 2.15. The smallest absolute Gasteiger partial charge is 0.128 e. The molecule has 4 heteroatoms. The normalized spacial score (nSPS) is 10.2. The van der Waals surface area contributed by atoms with Crippen LogP contribution in [0.15, 0.2) is 36.7 Å². The van der Waals surface area contributed by atoms with Crippen molar-refractivity contribution < 1.29 is 4.74 Å². The van der Waals surface area contributed by atoms with E-state index in [4.69, 9.17) is 4.74 Å². The topological polar surface area (TPSA) is 39.1 Å². The summed E-state index contributed by atoms with van der Waals surface area (Å²) in [4.78, 5) is 4.31. The van der Waals surface area contributed by atoms with Crippen molar-refractivity contribution in [1.29, 1.82) is 0 Å². The third-order valence-corrected chi connectivity index (χ3v) is 2.68. The van der Waals surface area contributed by atoms with Crippen LogP contribution in [0.5, 0.6) is 5.75 Å². The van der Waals surface area contributed by atoms with E-state index in [0.29, 0.717) is 0 Å². The second-order valence-electron chi connectivity index (χ2n) is 3.71. The van der Waals surface area contributed by atoms with E-state index >= 15 is 0 Å². The van der Waals surface area contributed by atoms with Gasteiger partial charge in [0.15, 0.2) is 0 Å². The Labute approximate surface area is 101 Å². The standard InChI is InChI=1S/C13H17N3O/c1-3-16-9-8-14-13(16)10-15-11-4-6-12(17-2)7-5-11/h4-9,15H,3,10H2,1-2H3. The van der Waals surface area contributed by atoms with Gasteiger partial charge in [0.25, 0.3) is 0 Å². The van der Waals surface area contributed by atoms with Crippen LogP contribution in [0, 0.1) is 0 Å². The zero-order valence-electron chi connectivity index (χ0n) is 10.2. The van der Waals surface area contributed by atoms with Crippen LogP contribution in [-0.4, -0.2) is 16.7 Å². The van der Waals surface area contributed by atoms with Crippen LogP contribution in [0.25, 0.3) is 0 Å². The number of aromatic nitrogens is 2. The molecule has 0 aliphatic carbocycles. The number of aryl methyl sites for hydroxylation is 1. The lowest BCUT2D eigenvalue weighted by molar-refractivity contribution is 0.415. The molecule has 0 radical (unpaired) electrons. The van der Waals surface area contributed by atoms with E-state index in [-0.39, 0.29) is 0 Å². The lowest BCUT2D eigenvalue weighted by Gasteiger charge is -2.08. The van der Waals surface area contributed by atoms with Crippen LogP contribution >= 0.6 is 0 Å². The molecule has 1 N–H and O–H groups in total. The third-order valence-electron chi connectivity index (χ3n) is 2.68. The number of hydrogen-bond donors (Lipinski definition) is 1. The number of methoxy groups -OCH3 is 1. The van der Waals surface area contributed by atoms with Gasteiger partial charge in [0.05, 0.1) is 13.7 Å². The summed E-state index contributed by atoms with van der Waals surface area (Å²) < 4.78 is 7.23. The van der Waals surface area contributed by atoms with E-state index < -0.39 is 0 Å². The number of nitrogens with zero attached hydrogens (tertiary/aromatic N) is 2. The summed E-state index contributed by atoms with van der Waals surface area (Å²) in [6.07, 6.45) is 3.82. The number of benzene rings is 1. The maximum Gasteiger partial charge on any atom is 0.128 e. The Bertz CT molecular complexity index is 462. The van der Waals surface area contributed by atoms with E-state index in [0.717, 1.165) is 30.4 Å². The molecule has 90 valence electrons. The van der Waals surface area contributed by atoms with Crippen LogP contribution in [0.1, 0.15) is 12.7 Å². The summed E-state index contributed by atoms with van der Waals surface area (Å²) in [5.41, 5.74) is 1.07. The Balaban J connectivity index is 1.97. The minimum Gasteiger partial charge on any atom is -0.497 e. The summed E-state index contributed by atoms with van der Waals surface area (Å²) >= 11 is 0. The fourth-order valence-electron chi connectivity index (χ4n) is 1.69. The predicted molar refractivity (Wildman–Crippen MR) is 68.2 cm³/mol. The molecule has 4 nitrogen and oxygen atoms in total. The average molecular weight is 231 g/mol. The summed E-state index contributed by atoms with van der Waals surface area (Å²) in [6.45, 7) is 3.78. The lowest BCUT2D eigenvalue weighted by atomic mass is 10.3. The molecule has 0 spiro atoms. The number of ether oxygens (including phenoxy) is 1. The minimum atomic E-state index is 0.729. The van der Waals surface area contributed by atoms with Gasteiger partial charge in [-0.1, -0.05) is 0 Å². The molecule has 1 aromatic carbocycles. The second kappa shape index (κ2) is 5.39. The first-order valence-corrected chi connectivity index (χ1v) is 5.71. The summed E-state index contributed by atoms with van der Waals surface area (Å²) in [5, 5.41) is 3.33. The molecule has 17 heavy (non-hydrogen) atoms. The maximum absolute atomic E-state index is 5.11. The molecule has 1 heterocycles. The van der Waals surface area contributed by atoms with Crippen molar-refractivity contribution in [1.82, 2.24) is 9.55 Å². The molecule has 0 atom stereocenters. The zero-order valence-corrected chi connectivity index (χ0v) is 10.2. The molecule has 0 bridgehead atoms. The number of hydrogen-bond acceptors (Lipinski definition) is 3. The van der Waals surface area contributed by atoms with E-state index in [1.165, 1.54) is 0 Å². The van der Waals surface area contributed by atoms with Crippen molar-refractivity contribution in [3.05, 3.63) is 42.5 Å². The Hall–Kier alpha value is -1.97. The first kappa shape index (κ1) is 11.5. The van der Waals surface area contributed by atoms with Crippen molar-refractivity contribution >= 4 is 5.69 Å². The van der Waals surface area contributed by atoms with Crippen molar-refractivity contribution in [2.75, 3.05) is 12.4 Å². The fraction of sp³-hybridized carbons (Fsp3) is 0.308. The molecule has 2 aromatic rings. The molecular formula is C13H17N3O. The molecule has 0 fully saturated rings. The first-order valence-electron chi connectivity index (χ1n) is 5.71. The monoisotopic (exact) mass is 231 g/mol. The van der Waals surface area contributed by atoms with Crippen molar-refractivity contribution in [2.45, 2.75) is 20.0 Å². The molecule has 2 rings (SSSR count). The van der Waals surface area contributed by atoms with E-state index in [9.17, 15) is 0 Å². The van der Waals surface area contributed by atoms with Gasteiger partial charge >= 0.3 is 0 Å². The average Bonchev–Trinajstić information content (AvgIpc) is 2.84. The van der Waals surface area contributed by atoms with Crippen LogP contribution < -0.4 is 10.1 Å². The van der Waals surface area contributed by atoms with Gasteiger partial charge in [-0.3, -0.25) is 0 Å². The summed E-state index contributed by atoms with van der Waals surface area (Å²) in [6, 6.07) is 7.87. The van der Waals surface area contributed by atoms with Crippen LogP contribution in [0.3, 0.4) is 0 Å². The van der Waals surface area contributed by atoms with E-state index in [2.05, 4.69) is 21.8 Å². The van der Waals surface area contributed by atoms with Gasteiger partial charge in [0.1, 0.15) is 11.6 Å². The maximum atomic E-state index is 5.11. The van der Waals surface area contributed by atoms with Gasteiger partial charge in [-0.25, -0.2) is 4.98 Å². The Morgan fingerprint density at radius 3 is 2.71 bits per heavy atom. The third kappa shape index (κ3) is 2.78. The molecule has 1 aromatic heterocycles. The van der Waals surface area contributed by atoms with Crippen molar-refractivity contribution in [3.63, 3.8) is 0 Å². The molecule has 0 aliphatic heterocycles. The molecule has 0 unspecified atom stereocenters. The summed E-state index contributed by atoms with van der Waals surface area (Å²) in [5.74, 6) is 1.91. The van der Waals surface area contributed by atoms with Crippen molar-refractivity contribution in [2.24, 2.45) is 0 Å². The SMILES string of the molecule is CCn1ccnc1CNc1ccc(OC)cc1. The quantitative estimate of drug-likeness (QED) is 0.859. The number of nitrogens with one attached hydrogen (secondary N) is 1. The molecule has 0 aliphatic rings. The first-order chi connectivity index (χ1) is 8.33. The van der Waals surface area contributed by atoms with Gasteiger partial charge in [0.2, 0.25) is 0 Å². The number of anilines is 1. The molecule has 0 saturated heterocycles. The molecular weight excluding hydrogens is 214 g/mol. The fourth-order valence-corrected chi connectivity index (χ4v) is 1.69. The Kier molecular flexibility index (Phi) is 3.65. The van der Waals surface area contributed by atoms with Gasteiger partial charge in [-0.05, 0) is 31.2 Å². The zero-order chi connectivity index (χ0) is 12.1. The van der Waals surface area contributed by atoms with Gasteiger partial charge in [-0.2, -0.15) is 0 Å². The molecule has 0 amide bonds. The highest BCUT2D eigenvalue weighted by Gasteiger charge is 2.00. The Morgan fingerprint density at radius 2 is 2.06 bits per heavy atom. The largest absolute Gasteiger partial charge is 0.497 e. The predicted octanol–water partition coefficient (Wildman–Crippen LogP) is 2.52.